The standard InChI is InChI=1S/C21H26N4/c1-4-19-24-20-14(2)11-15(3)23-21(20)25(19)13-16-9-10-18(22-12-16)17-7-5-6-8-17/h9-12,17H,4-8,13H2,1-3H3. The Morgan fingerprint density at radius 3 is 2.60 bits per heavy atom. The van der Waals surface area contributed by atoms with Crippen molar-refractivity contribution >= 4 is 11.2 Å². The van der Waals surface area contributed by atoms with Gasteiger partial charge in [0.1, 0.15) is 11.3 Å². The molecular weight excluding hydrogens is 308 g/mol. The van der Waals surface area contributed by atoms with E-state index in [2.05, 4.69) is 36.6 Å². The molecule has 1 aliphatic rings. The summed E-state index contributed by atoms with van der Waals surface area (Å²) < 4.78 is 2.25. The number of pyridine rings is 2. The molecule has 1 fully saturated rings. The van der Waals surface area contributed by atoms with E-state index in [0.29, 0.717) is 5.92 Å². The zero-order valence-corrected chi connectivity index (χ0v) is 15.4. The molecule has 0 unspecified atom stereocenters. The number of hydrogen-bond donors (Lipinski definition) is 0. The summed E-state index contributed by atoms with van der Waals surface area (Å²) in [6.07, 6.45) is 8.23. The van der Waals surface area contributed by atoms with Crippen LogP contribution in [0.15, 0.2) is 24.4 Å². The largest absolute Gasteiger partial charge is 0.308 e. The van der Waals surface area contributed by atoms with E-state index in [1.807, 2.05) is 13.1 Å². The third-order valence-corrected chi connectivity index (χ3v) is 5.38. The van der Waals surface area contributed by atoms with Crippen molar-refractivity contribution in [1.29, 1.82) is 0 Å². The third kappa shape index (κ3) is 3.06. The van der Waals surface area contributed by atoms with Crippen molar-refractivity contribution in [2.24, 2.45) is 0 Å². The van der Waals surface area contributed by atoms with E-state index in [1.165, 1.54) is 42.5 Å². The van der Waals surface area contributed by atoms with Crippen molar-refractivity contribution in [3.8, 4) is 0 Å². The van der Waals surface area contributed by atoms with Gasteiger partial charge in [0.05, 0.1) is 6.54 Å². The van der Waals surface area contributed by atoms with Gasteiger partial charge in [-0.15, -0.1) is 0 Å². The number of aromatic nitrogens is 4. The van der Waals surface area contributed by atoms with Crippen LogP contribution in [0.5, 0.6) is 0 Å². The molecule has 4 rings (SSSR count). The highest BCUT2D eigenvalue weighted by atomic mass is 15.1. The van der Waals surface area contributed by atoms with Crippen molar-refractivity contribution in [3.63, 3.8) is 0 Å². The van der Waals surface area contributed by atoms with Crippen LogP contribution in [0.1, 0.15) is 66.9 Å². The predicted molar refractivity (Wildman–Crippen MR) is 101 cm³/mol. The van der Waals surface area contributed by atoms with Crippen molar-refractivity contribution in [2.75, 3.05) is 0 Å². The minimum absolute atomic E-state index is 0.668. The molecule has 3 heterocycles. The summed E-state index contributed by atoms with van der Waals surface area (Å²) in [5, 5.41) is 0. The quantitative estimate of drug-likeness (QED) is 0.694. The normalized spacial score (nSPS) is 15.3. The number of aryl methyl sites for hydroxylation is 3. The topological polar surface area (TPSA) is 43.6 Å². The van der Waals surface area contributed by atoms with E-state index >= 15 is 0 Å². The average Bonchev–Trinajstić information content (AvgIpc) is 3.24. The lowest BCUT2D eigenvalue weighted by Gasteiger charge is -2.11. The van der Waals surface area contributed by atoms with Gasteiger partial charge >= 0.3 is 0 Å². The van der Waals surface area contributed by atoms with E-state index in [1.54, 1.807) is 0 Å². The summed E-state index contributed by atoms with van der Waals surface area (Å²) in [5.41, 5.74) is 6.75. The minimum atomic E-state index is 0.668. The number of fused-ring (bicyclic) bond motifs is 1. The van der Waals surface area contributed by atoms with Gasteiger partial charge in [0.15, 0.2) is 5.65 Å². The molecule has 0 aliphatic heterocycles. The Morgan fingerprint density at radius 1 is 1.12 bits per heavy atom. The summed E-state index contributed by atoms with van der Waals surface area (Å²) in [5.74, 6) is 1.76. The molecule has 0 saturated heterocycles. The first-order chi connectivity index (χ1) is 12.2. The predicted octanol–water partition coefficient (Wildman–Crippen LogP) is 4.71. The van der Waals surface area contributed by atoms with Gasteiger partial charge in [-0.2, -0.15) is 0 Å². The Bertz CT molecular complexity index is 886. The van der Waals surface area contributed by atoms with E-state index in [9.17, 15) is 0 Å². The van der Waals surface area contributed by atoms with Crippen LogP contribution in [0.25, 0.3) is 11.2 Å². The van der Waals surface area contributed by atoms with Crippen LogP contribution in [0, 0.1) is 13.8 Å². The maximum Gasteiger partial charge on any atom is 0.160 e. The maximum absolute atomic E-state index is 4.83. The number of nitrogens with zero attached hydrogens (tertiary/aromatic N) is 4. The number of imidazole rings is 1. The lowest BCUT2D eigenvalue weighted by molar-refractivity contribution is 0.691. The van der Waals surface area contributed by atoms with Crippen molar-refractivity contribution in [3.05, 3.63) is 52.7 Å². The molecule has 3 aromatic heterocycles. The molecule has 1 aliphatic carbocycles. The third-order valence-electron chi connectivity index (χ3n) is 5.38. The molecular formula is C21H26N4. The average molecular weight is 334 g/mol. The number of hydrogen-bond acceptors (Lipinski definition) is 3. The molecule has 0 aromatic carbocycles. The zero-order valence-electron chi connectivity index (χ0n) is 15.4. The fourth-order valence-electron chi connectivity index (χ4n) is 4.06. The Morgan fingerprint density at radius 2 is 1.92 bits per heavy atom. The zero-order chi connectivity index (χ0) is 17.4. The second-order valence-corrected chi connectivity index (χ2v) is 7.29. The van der Waals surface area contributed by atoms with E-state index in [-0.39, 0.29) is 0 Å². The SMILES string of the molecule is CCc1nc2c(C)cc(C)nc2n1Cc1ccc(C2CCCC2)nc1. The van der Waals surface area contributed by atoms with Gasteiger partial charge in [-0.1, -0.05) is 25.8 Å². The van der Waals surface area contributed by atoms with Gasteiger partial charge in [-0.05, 0) is 49.9 Å². The van der Waals surface area contributed by atoms with Crippen molar-refractivity contribution < 1.29 is 0 Å². The Hall–Kier alpha value is -2.23. The van der Waals surface area contributed by atoms with Crippen LogP contribution in [0.3, 0.4) is 0 Å². The highest BCUT2D eigenvalue weighted by Crippen LogP contribution is 2.32. The second kappa shape index (κ2) is 6.58. The first-order valence-corrected chi connectivity index (χ1v) is 9.44. The Balaban J connectivity index is 1.67. The fourth-order valence-corrected chi connectivity index (χ4v) is 4.06. The fraction of sp³-hybridized carbons (Fsp3) is 0.476. The molecule has 0 spiro atoms. The maximum atomic E-state index is 4.83. The molecule has 0 N–H and O–H groups in total. The van der Waals surface area contributed by atoms with Gasteiger partial charge in [-0.25, -0.2) is 9.97 Å². The van der Waals surface area contributed by atoms with Gasteiger partial charge in [0, 0.05) is 29.9 Å². The second-order valence-electron chi connectivity index (χ2n) is 7.29. The van der Waals surface area contributed by atoms with Crippen LogP contribution in [0.4, 0.5) is 0 Å². The molecule has 130 valence electrons. The van der Waals surface area contributed by atoms with E-state index in [4.69, 9.17) is 15.0 Å². The lowest BCUT2D eigenvalue weighted by Crippen LogP contribution is -2.06. The first kappa shape index (κ1) is 16.2. The van der Waals surface area contributed by atoms with E-state index < -0.39 is 0 Å². The van der Waals surface area contributed by atoms with Crippen LogP contribution < -0.4 is 0 Å². The summed E-state index contributed by atoms with van der Waals surface area (Å²) in [7, 11) is 0. The van der Waals surface area contributed by atoms with Crippen LogP contribution >= 0.6 is 0 Å². The van der Waals surface area contributed by atoms with Crippen molar-refractivity contribution in [1.82, 2.24) is 19.5 Å². The molecule has 0 amide bonds. The van der Waals surface area contributed by atoms with Crippen LogP contribution in [-0.2, 0) is 13.0 Å². The summed E-state index contributed by atoms with van der Waals surface area (Å²) in [4.78, 5) is 14.3. The van der Waals surface area contributed by atoms with Gasteiger partial charge in [-0.3, -0.25) is 4.98 Å². The molecule has 1 saturated carbocycles. The number of rotatable bonds is 4. The van der Waals surface area contributed by atoms with E-state index in [0.717, 1.165) is 35.6 Å². The van der Waals surface area contributed by atoms with Crippen molar-refractivity contribution in [2.45, 2.75) is 65.3 Å². The van der Waals surface area contributed by atoms with Gasteiger partial charge in [0.25, 0.3) is 0 Å². The Kier molecular flexibility index (Phi) is 4.28. The smallest absolute Gasteiger partial charge is 0.160 e. The highest BCUT2D eigenvalue weighted by Gasteiger charge is 2.18. The summed E-state index contributed by atoms with van der Waals surface area (Å²) in [6.45, 7) is 7.11. The lowest BCUT2D eigenvalue weighted by atomic mass is 10.0. The molecule has 25 heavy (non-hydrogen) atoms. The van der Waals surface area contributed by atoms with Gasteiger partial charge < -0.3 is 4.57 Å². The summed E-state index contributed by atoms with van der Waals surface area (Å²) in [6, 6.07) is 6.56. The summed E-state index contributed by atoms with van der Waals surface area (Å²) >= 11 is 0. The highest BCUT2D eigenvalue weighted by molar-refractivity contribution is 5.76. The molecule has 0 atom stereocenters. The molecule has 3 aromatic rings. The molecule has 4 heteroatoms. The monoisotopic (exact) mass is 334 g/mol. The molecule has 0 bridgehead atoms. The first-order valence-electron chi connectivity index (χ1n) is 9.44. The molecule has 0 radical (unpaired) electrons. The minimum Gasteiger partial charge on any atom is -0.308 e. The van der Waals surface area contributed by atoms with Crippen LogP contribution in [0.2, 0.25) is 0 Å². The van der Waals surface area contributed by atoms with Gasteiger partial charge in [0.2, 0.25) is 0 Å². The van der Waals surface area contributed by atoms with Crippen LogP contribution in [-0.4, -0.2) is 19.5 Å². The Labute approximate surface area is 149 Å². The molecule has 4 nitrogen and oxygen atoms in total.